The minimum Gasteiger partial charge on any atom is -0.508 e. The Hall–Kier alpha value is -4.08. The van der Waals surface area contributed by atoms with E-state index >= 15 is 0 Å². The van der Waals surface area contributed by atoms with Gasteiger partial charge in [0.25, 0.3) is 11.8 Å². The number of carbonyl (C=O) groups is 3. The molecule has 15 heteroatoms. The molecule has 2 aromatic rings. The Kier molecular flexibility index (Phi) is 7.95. The van der Waals surface area contributed by atoms with Gasteiger partial charge in [0, 0.05) is 55.7 Å². The zero-order valence-electron chi connectivity index (χ0n) is 25.6. The third-order valence-corrected chi connectivity index (χ3v) is 9.62. The summed E-state index contributed by atoms with van der Waals surface area (Å²) in [5.74, 6) is -9.46. The zero-order chi connectivity index (χ0) is 33.3. The molecule has 45 heavy (non-hydrogen) atoms. The monoisotopic (exact) mass is 647 g/mol. The molecule has 1 fully saturated rings. The van der Waals surface area contributed by atoms with Gasteiger partial charge in [0.15, 0.2) is 16.5 Å². The van der Waals surface area contributed by atoms with Gasteiger partial charge >= 0.3 is 0 Å². The number of methoxy groups -OCH3 is 1. The van der Waals surface area contributed by atoms with Crippen LogP contribution in [0.3, 0.4) is 0 Å². The maximum absolute atomic E-state index is 14.2. The van der Waals surface area contributed by atoms with Crippen molar-refractivity contribution in [2.75, 3.05) is 45.5 Å². The highest BCUT2D eigenvalue weighted by atomic mass is 32.1. The molecular weight excluding hydrogens is 612 g/mol. The van der Waals surface area contributed by atoms with Crippen LogP contribution in [0.2, 0.25) is 0 Å². The topological polar surface area (TPSA) is 179 Å². The Balaban J connectivity index is 1.66. The van der Waals surface area contributed by atoms with E-state index in [1.165, 1.54) is 17.4 Å². The van der Waals surface area contributed by atoms with Crippen LogP contribution in [0.5, 0.6) is 5.75 Å². The molecule has 1 heterocycles. The van der Waals surface area contributed by atoms with Crippen LogP contribution < -0.4 is 20.7 Å². The highest BCUT2D eigenvalue weighted by molar-refractivity contribution is 7.13. The highest BCUT2D eigenvalue weighted by Crippen LogP contribution is 2.54. The smallest absolute Gasteiger partial charge is 0.287 e. The first-order chi connectivity index (χ1) is 20.9. The van der Waals surface area contributed by atoms with E-state index in [9.17, 15) is 38.5 Å². The molecule has 12 nitrogen and oxygen atoms in total. The molecule has 0 bridgehead atoms. The van der Waals surface area contributed by atoms with Crippen LogP contribution in [0.15, 0.2) is 28.4 Å². The maximum atomic E-state index is 14.2. The number of nitrogens with one attached hydrogen (secondary N) is 1. The molecule has 3 aliphatic carbocycles. The zero-order valence-corrected chi connectivity index (χ0v) is 26.4. The van der Waals surface area contributed by atoms with Gasteiger partial charge in [-0.3, -0.25) is 19.3 Å². The number of rotatable bonds is 8. The molecule has 1 unspecified atom stereocenters. The number of aliphatic hydroxyl groups is 3. The Bertz CT molecular complexity index is 1680. The molecule has 1 aromatic carbocycles. The maximum Gasteiger partial charge on any atom is 0.287 e. The lowest BCUT2D eigenvalue weighted by Gasteiger charge is -2.50. The summed E-state index contributed by atoms with van der Waals surface area (Å²) >= 11 is 1.01. The Morgan fingerprint density at radius 3 is 2.47 bits per heavy atom. The van der Waals surface area contributed by atoms with E-state index in [0.717, 1.165) is 18.3 Å². The minimum absolute atomic E-state index is 0.0126. The number of hydrogen-bond donors (Lipinski definition) is 5. The number of primary amides is 1. The summed E-state index contributed by atoms with van der Waals surface area (Å²) in [6, 6.07) is 0.672. The highest BCUT2D eigenvalue weighted by Gasteiger charge is 2.64. The molecule has 0 radical (unpaired) electrons. The molecule has 1 amide bonds. The molecular formula is C30H35F2N5O7S. The Morgan fingerprint density at radius 1 is 1.27 bits per heavy atom. The molecule has 0 spiro atoms. The van der Waals surface area contributed by atoms with Gasteiger partial charge in [0.05, 0.1) is 18.7 Å². The van der Waals surface area contributed by atoms with Gasteiger partial charge in [-0.05, 0) is 44.5 Å². The summed E-state index contributed by atoms with van der Waals surface area (Å²) in [4.78, 5) is 47.0. The van der Waals surface area contributed by atoms with Crippen LogP contribution >= 0.6 is 11.3 Å². The standard InChI is InChI=1S/C30H35F2N5O7S/c1-29(31,32)17-11-45-28(35-17)34-10-13-9-16(36(2)3)14-7-12-8-15-21(37(4)5)23(39)20(27(33)42)26(41)30(15,43)25(40)18(12)22(38)19(14)24(13)44-6/h9,11-12,15,21,38,41,43H,7-8,10H2,1-6H3,(H2,33,42)(H,34,35)/t12-,15-,21?,30-/m0/s1. The molecule has 0 aliphatic heterocycles. The number of nitrogens with zero attached hydrogens (tertiary/aromatic N) is 3. The van der Waals surface area contributed by atoms with Gasteiger partial charge in [-0.1, -0.05) is 0 Å². The molecule has 242 valence electrons. The number of ether oxygens (including phenoxy) is 1. The van der Waals surface area contributed by atoms with Gasteiger partial charge in [0.2, 0.25) is 5.78 Å². The first-order valence-corrected chi connectivity index (χ1v) is 15.0. The van der Waals surface area contributed by atoms with E-state index in [4.69, 9.17) is 10.5 Å². The molecule has 3 aliphatic rings. The van der Waals surface area contributed by atoms with E-state index in [1.54, 1.807) is 28.2 Å². The third kappa shape index (κ3) is 4.93. The van der Waals surface area contributed by atoms with Crippen LogP contribution in [0, 0.1) is 11.8 Å². The van der Waals surface area contributed by atoms with Crippen molar-refractivity contribution < 1.29 is 43.2 Å². The van der Waals surface area contributed by atoms with Crippen molar-refractivity contribution in [3.8, 4) is 5.75 Å². The first kappa shape index (κ1) is 32.3. The largest absolute Gasteiger partial charge is 0.508 e. The van der Waals surface area contributed by atoms with Crippen LogP contribution in [0.25, 0.3) is 5.76 Å². The molecule has 0 saturated heterocycles. The Morgan fingerprint density at radius 2 is 1.93 bits per heavy atom. The lowest BCUT2D eigenvalue weighted by Crippen LogP contribution is -2.65. The molecule has 4 atom stereocenters. The first-order valence-electron chi connectivity index (χ1n) is 14.1. The lowest BCUT2D eigenvalue weighted by molar-refractivity contribution is -0.153. The number of ketones is 2. The fourth-order valence-electron chi connectivity index (χ4n) is 6.82. The van der Waals surface area contributed by atoms with Crippen molar-refractivity contribution in [3.05, 3.63) is 50.7 Å². The van der Waals surface area contributed by atoms with Crippen LogP contribution in [0.1, 0.15) is 35.7 Å². The van der Waals surface area contributed by atoms with Gasteiger partial charge in [0.1, 0.15) is 28.5 Å². The van der Waals surface area contributed by atoms with Crippen molar-refractivity contribution in [2.45, 2.75) is 43.9 Å². The summed E-state index contributed by atoms with van der Waals surface area (Å²) < 4.78 is 33.2. The number of alkyl halides is 2. The fraction of sp³-hybridized carbons (Fsp3) is 0.467. The van der Waals surface area contributed by atoms with E-state index in [1.807, 2.05) is 11.0 Å². The number of amides is 1. The molecule has 5 rings (SSSR count). The third-order valence-electron chi connectivity index (χ3n) is 8.82. The average Bonchev–Trinajstić information content (AvgIpc) is 3.43. The van der Waals surface area contributed by atoms with E-state index in [0.29, 0.717) is 16.8 Å². The number of fused-ring (bicyclic) bond motifs is 3. The van der Waals surface area contributed by atoms with Crippen molar-refractivity contribution in [1.82, 2.24) is 9.88 Å². The summed E-state index contributed by atoms with van der Waals surface area (Å²) in [6.07, 6.45) is 0.228. The number of benzene rings is 1. The quantitative estimate of drug-likeness (QED) is 0.266. The number of anilines is 2. The van der Waals surface area contributed by atoms with Crippen molar-refractivity contribution in [1.29, 1.82) is 0 Å². The second kappa shape index (κ2) is 11.1. The van der Waals surface area contributed by atoms with E-state index < -0.39 is 64.0 Å². The van der Waals surface area contributed by atoms with Gasteiger partial charge in [-0.2, -0.15) is 8.78 Å². The predicted octanol–water partition coefficient (Wildman–Crippen LogP) is 2.51. The summed E-state index contributed by atoms with van der Waals surface area (Å²) in [5.41, 5.74) is 3.33. The Labute approximate surface area is 261 Å². The predicted molar refractivity (Wildman–Crippen MR) is 162 cm³/mol. The fourth-order valence-corrected chi connectivity index (χ4v) is 7.61. The van der Waals surface area contributed by atoms with Crippen LogP contribution in [0.4, 0.5) is 19.6 Å². The van der Waals surface area contributed by atoms with Crippen LogP contribution in [-0.2, 0) is 33.3 Å². The number of nitrogens with two attached hydrogens (primary N) is 1. The number of aromatic nitrogens is 1. The normalized spacial score (nSPS) is 24.8. The number of aliphatic hydroxyl groups excluding tert-OH is 2. The second-order valence-corrected chi connectivity index (χ2v) is 12.9. The van der Waals surface area contributed by atoms with Gasteiger partial charge < -0.3 is 36.0 Å². The summed E-state index contributed by atoms with van der Waals surface area (Å²) in [5, 5.41) is 39.3. The lowest BCUT2D eigenvalue weighted by atomic mass is 9.57. The summed E-state index contributed by atoms with van der Waals surface area (Å²) in [7, 11) is 8.09. The van der Waals surface area contributed by atoms with E-state index in [-0.39, 0.29) is 47.1 Å². The summed E-state index contributed by atoms with van der Waals surface area (Å²) in [6.45, 7) is 0.816. The molecule has 1 aromatic heterocycles. The van der Waals surface area contributed by atoms with Crippen molar-refractivity contribution in [2.24, 2.45) is 17.6 Å². The second-order valence-electron chi connectivity index (χ2n) is 12.1. The number of halogens is 2. The van der Waals surface area contributed by atoms with Crippen molar-refractivity contribution >= 4 is 45.4 Å². The molecule has 1 saturated carbocycles. The number of carbonyl (C=O) groups excluding carboxylic acids is 3. The minimum atomic E-state index is -3.11. The van der Waals surface area contributed by atoms with Crippen molar-refractivity contribution in [3.63, 3.8) is 0 Å². The number of thiazole rings is 1. The van der Waals surface area contributed by atoms with Gasteiger partial charge in [-0.25, -0.2) is 4.98 Å². The van der Waals surface area contributed by atoms with E-state index in [2.05, 4.69) is 10.3 Å². The number of hydrogen-bond acceptors (Lipinski definition) is 12. The molecule has 6 N–H and O–H groups in total. The SMILES string of the molecule is COc1c(CNc2nc(C(C)(F)F)cs2)cc(N(C)C)c2c1C(O)=C1C(=O)[C@]3(O)C(O)=C(C(N)=O)C(=O)C(N(C)C)[C@@H]3C[C@@H]1C2. The van der Waals surface area contributed by atoms with Crippen LogP contribution in [-0.4, -0.2) is 89.6 Å². The average molecular weight is 648 g/mol. The number of likely N-dealkylation sites (N-methyl/N-ethyl adjacent to an activating group) is 1. The number of Topliss-reactive ketones (excluding diaryl/α,β-unsaturated/α-hetero) is 2. The van der Waals surface area contributed by atoms with Gasteiger partial charge in [-0.15, -0.1) is 11.3 Å².